The van der Waals surface area contributed by atoms with Gasteiger partial charge in [-0.05, 0) is 31.8 Å². The molecule has 1 rings (SSSR count). The van der Waals surface area contributed by atoms with E-state index in [1.54, 1.807) is 14.0 Å². The molecule has 102 valence electrons. The van der Waals surface area contributed by atoms with Crippen LogP contribution in [0, 0.1) is 6.92 Å². The van der Waals surface area contributed by atoms with Crippen LogP contribution in [-0.4, -0.2) is 43.6 Å². The van der Waals surface area contributed by atoms with Crippen molar-refractivity contribution < 1.29 is 14.3 Å². The van der Waals surface area contributed by atoms with Crippen LogP contribution < -0.4 is 5.32 Å². The van der Waals surface area contributed by atoms with Crippen LogP contribution in [0.15, 0.2) is 0 Å². The Bertz CT molecular complexity index is 379. The van der Waals surface area contributed by atoms with Crippen molar-refractivity contribution in [3.05, 3.63) is 11.3 Å². The fourth-order valence-electron chi connectivity index (χ4n) is 1.53. The molecule has 1 aromatic rings. The van der Waals surface area contributed by atoms with Gasteiger partial charge in [0, 0.05) is 20.3 Å². The summed E-state index contributed by atoms with van der Waals surface area (Å²) in [6.45, 7) is 6.12. The lowest BCUT2D eigenvalue weighted by molar-refractivity contribution is 0.0705. The molecule has 1 aromatic heterocycles. The third-order valence-corrected chi connectivity index (χ3v) is 3.29. The summed E-state index contributed by atoms with van der Waals surface area (Å²) >= 11 is 1.33. The van der Waals surface area contributed by atoms with E-state index >= 15 is 0 Å². The van der Waals surface area contributed by atoms with Crippen LogP contribution in [0.25, 0.3) is 0 Å². The zero-order chi connectivity index (χ0) is 13.4. The molecule has 5 nitrogen and oxygen atoms in total. The highest BCUT2D eigenvalue weighted by atomic mass is 32.1. The molecule has 1 N–H and O–H groups in total. The third kappa shape index (κ3) is 4.72. The van der Waals surface area contributed by atoms with Gasteiger partial charge in [0.2, 0.25) is 0 Å². The number of carbonyl (C=O) groups is 1. The Balaban J connectivity index is 2.25. The smallest absolute Gasteiger partial charge is 0.164 e. The summed E-state index contributed by atoms with van der Waals surface area (Å²) in [5.74, 6) is 0.0556. The zero-order valence-corrected chi connectivity index (χ0v) is 11.9. The van der Waals surface area contributed by atoms with Crippen LogP contribution in [0.3, 0.4) is 0 Å². The number of rotatable bonds is 9. The standard InChI is InChI=1S/C12H20N2O3S/c1-9-11(10(2)15)12(18-14-9)13-5-4-6-17-8-7-16-3/h13H,4-8H2,1-3H3. The molecule has 1 heterocycles. The largest absolute Gasteiger partial charge is 0.382 e. The highest BCUT2D eigenvalue weighted by molar-refractivity contribution is 7.10. The van der Waals surface area contributed by atoms with Crippen molar-refractivity contribution in [1.82, 2.24) is 4.37 Å². The molecule has 0 radical (unpaired) electrons. The van der Waals surface area contributed by atoms with E-state index in [2.05, 4.69) is 9.69 Å². The van der Waals surface area contributed by atoms with Gasteiger partial charge >= 0.3 is 0 Å². The van der Waals surface area contributed by atoms with E-state index in [0.717, 1.165) is 23.7 Å². The van der Waals surface area contributed by atoms with Crippen molar-refractivity contribution in [2.24, 2.45) is 0 Å². The molecular formula is C12H20N2O3S. The predicted molar refractivity (Wildman–Crippen MR) is 72.7 cm³/mol. The van der Waals surface area contributed by atoms with Gasteiger partial charge in [0.25, 0.3) is 0 Å². The van der Waals surface area contributed by atoms with Gasteiger partial charge in [-0.3, -0.25) is 4.79 Å². The Labute approximate surface area is 112 Å². The lowest BCUT2D eigenvalue weighted by atomic mass is 10.2. The molecule has 18 heavy (non-hydrogen) atoms. The molecule has 0 spiro atoms. The topological polar surface area (TPSA) is 60.5 Å². The van der Waals surface area contributed by atoms with E-state index < -0.39 is 0 Å². The second-order valence-corrected chi connectivity index (χ2v) is 4.69. The fourth-order valence-corrected chi connectivity index (χ4v) is 2.39. The van der Waals surface area contributed by atoms with E-state index in [4.69, 9.17) is 9.47 Å². The molecule has 0 fully saturated rings. The quantitative estimate of drug-likeness (QED) is 0.551. The lowest BCUT2D eigenvalue weighted by Gasteiger charge is -2.06. The summed E-state index contributed by atoms with van der Waals surface area (Å²) in [5, 5.41) is 4.09. The molecule has 0 aliphatic carbocycles. The number of nitrogens with one attached hydrogen (secondary N) is 1. The lowest BCUT2D eigenvalue weighted by Crippen LogP contribution is -2.09. The monoisotopic (exact) mass is 272 g/mol. The Morgan fingerprint density at radius 2 is 2.17 bits per heavy atom. The maximum atomic E-state index is 11.4. The van der Waals surface area contributed by atoms with Gasteiger partial charge in [0.05, 0.1) is 24.5 Å². The number of aryl methyl sites for hydroxylation is 1. The second-order valence-electron chi connectivity index (χ2n) is 3.91. The van der Waals surface area contributed by atoms with Gasteiger partial charge in [-0.15, -0.1) is 0 Å². The molecule has 0 aliphatic rings. The van der Waals surface area contributed by atoms with Crippen LogP contribution in [0.4, 0.5) is 5.00 Å². The normalized spacial score (nSPS) is 10.6. The van der Waals surface area contributed by atoms with Gasteiger partial charge in [-0.2, -0.15) is 4.37 Å². The van der Waals surface area contributed by atoms with Crippen molar-refractivity contribution in [2.75, 3.05) is 38.8 Å². The van der Waals surface area contributed by atoms with Crippen molar-refractivity contribution >= 4 is 22.3 Å². The van der Waals surface area contributed by atoms with Gasteiger partial charge in [0.15, 0.2) is 5.78 Å². The number of ketones is 1. The van der Waals surface area contributed by atoms with E-state index in [0.29, 0.717) is 25.4 Å². The van der Waals surface area contributed by atoms with Gasteiger partial charge in [-0.1, -0.05) is 0 Å². The summed E-state index contributed by atoms with van der Waals surface area (Å²) < 4.78 is 14.4. The van der Waals surface area contributed by atoms with Crippen LogP contribution in [-0.2, 0) is 9.47 Å². The molecule has 0 aliphatic heterocycles. The van der Waals surface area contributed by atoms with Crippen molar-refractivity contribution in [1.29, 1.82) is 0 Å². The number of hydrogen-bond donors (Lipinski definition) is 1. The minimum Gasteiger partial charge on any atom is -0.382 e. The number of methoxy groups -OCH3 is 1. The molecule has 0 atom stereocenters. The maximum absolute atomic E-state index is 11.4. The maximum Gasteiger partial charge on any atom is 0.164 e. The summed E-state index contributed by atoms with van der Waals surface area (Å²) in [6.07, 6.45) is 0.887. The summed E-state index contributed by atoms with van der Waals surface area (Å²) in [7, 11) is 1.65. The third-order valence-electron chi connectivity index (χ3n) is 2.40. The van der Waals surface area contributed by atoms with E-state index in [1.807, 2.05) is 6.92 Å². The Morgan fingerprint density at radius 1 is 1.39 bits per heavy atom. The average molecular weight is 272 g/mol. The second kappa shape index (κ2) is 8.18. The van der Waals surface area contributed by atoms with Crippen LogP contribution in [0.5, 0.6) is 0 Å². The van der Waals surface area contributed by atoms with Gasteiger partial charge in [-0.25, -0.2) is 0 Å². The van der Waals surface area contributed by atoms with E-state index in [9.17, 15) is 4.79 Å². The van der Waals surface area contributed by atoms with Crippen LogP contribution >= 0.6 is 11.5 Å². The highest BCUT2D eigenvalue weighted by Crippen LogP contribution is 2.24. The number of aromatic nitrogens is 1. The van der Waals surface area contributed by atoms with Crippen LogP contribution in [0.1, 0.15) is 29.4 Å². The van der Waals surface area contributed by atoms with Gasteiger partial charge < -0.3 is 14.8 Å². The Morgan fingerprint density at radius 3 is 2.83 bits per heavy atom. The minimum absolute atomic E-state index is 0.0556. The molecule has 0 unspecified atom stereocenters. The Hall–Kier alpha value is -0.980. The number of carbonyl (C=O) groups excluding carboxylic acids is 1. The van der Waals surface area contributed by atoms with E-state index in [1.165, 1.54) is 11.5 Å². The average Bonchev–Trinajstić information content (AvgIpc) is 2.69. The number of Topliss-reactive ketones (excluding diaryl/α,β-unsaturated/α-hetero) is 1. The van der Waals surface area contributed by atoms with Gasteiger partial charge in [0.1, 0.15) is 5.00 Å². The first-order valence-corrected chi connectivity index (χ1v) is 6.72. The molecule has 6 heteroatoms. The molecule has 0 saturated carbocycles. The SMILES string of the molecule is COCCOCCCNc1snc(C)c1C(C)=O. The van der Waals surface area contributed by atoms with Crippen molar-refractivity contribution in [3.8, 4) is 0 Å². The fraction of sp³-hybridized carbons (Fsp3) is 0.667. The number of hydrogen-bond acceptors (Lipinski definition) is 6. The molecule has 0 bridgehead atoms. The predicted octanol–water partition coefficient (Wildman–Crippen LogP) is 2.12. The molecule has 0 aromatic carbocycles. The number of nitrogens with zero attached hydrogens (tertiary/aromatic N) is 1. The van der Waals surface area contributed by atoms with Crippen molar-refractivity contribution in [3.63, 3.8) is 0 Å². The highest BCUT2D eigenvalue weighted by Gasteiger charge is 2.13. The minimum atomic E-state index is 0.0556. The molecule has 0 saturated heterocycles. The first-order chi connectivity index (χ1) is 8.66. The summed E-state index contributed by atoms with van der Waals surface area (Å²) in [6, 6.07) is 0. The van der Waals surface area contributed by atoms with E-state index in [-0.39, 0.29) is 5.78 Å². The summed E-state index contributed by atoms with van der Waals surface area (Å²) in [5.41, 5.74) is 1.51. The van der Waals surface area contributed by atoms with Crippen molar-refractivity contribution in [2.45, 2.75) is 20.3 Å². The van der Waals surface area contributed by atoms with Crippen LogP contribution in [0.2, 0.25) is 0 Å². The number of anilines is 1. The Kier molecular flexibility index (Phi) is 6.85. The first-order valence-electron chi connectivity index (χ1n) is 5.94. The molecular weight excluding hydrogens is 252 g/mol. The summed E-state index contributed by atoms with van der Waals surface area (Å²) in [4.78, 5) is 11.4. The first kappa shape index (κ1) is 15.1. The number of ether oxygens (including phenoxy) is 2. The zero-order valence-electron chi connectivity index (χ0n) is 11.1. The molecule has 0 amide bonds.